The van der Waals surface area contributed by atoms with Crippen molar-refractivity contribution in [2.45, 2.75) is 57.7 Å². The van der Waals surface area contributed by atoms with Crippen LogP contribution in [0.15, 0.2) is 4.52 Å². The van der Waals surface area contributed by atoms with Crippen LogP contribution in [0.2, 0.25) is 0 Å². The lowest BCUT2D eigenvalue weighted by atomic mass is 10.1. The number of ether oxygens (including phenoxy) is 1. The van der Waals surface area contributed by atoms with Crippen LogP contribution < -0.4 is 0 Å². The summed E-state index contributed by atoms with van der Waals surface area (Å²) in [5.41, 5.74) is 1.86. The van der Waals surface area contributed by atoms with Crippen molar-refractivity contribution in [3.8, 4) is 0 Å². The molecule has 1 N–H and O–H groups in total. The van der Waals surface area contributed by atoms with Gasteiger partial charge in [-0.3, -0.25) is 9.69 Å². The molecule has 1 aliphatic heterocycles. The van der Waals surface area contributed by atoms with Gasteiger partial charge in [-0.25, -0.2) is 0 Å². The summed E-state index contributed by atoms with van der Waals surface area (Å²) in [7, 11) is 1.81. The van der Waals surface area contributed by atoms with E-state index in [1.165, 1.54) is 0 Å². The zero-order chi connectivity index (χ0) is 18.0. The quantitative estimate of drug-likeness (QED) is 0.849. The number of amides is 1. The Bertz CT molecular complexity index is 578. The molecule has 0 bridgehead atoms. The molecule has 2 aliphatic rings. The van der Waals surface area contributed by atoms with Gasteiger partial charge in [0, 0.05) is 38.2 Å². The van der Waals surface area contributed by atoms with Crippen LogP contribution in [0, 0.1) is 13.8 Å². The van der Waals surface area contributed by atoms with Gasteiger partial charge in [-0.15, -0.1) is 0 Å². The van der Waals surface area contributed by atoms with E-state index in [4.69, 9.17) is 9.26 Å². The summed E-state index contributed by atoms with van der Waals surface area (Å²) in [6.07, 6.45) is 2.31. The van der Waals surface area contributed by atoms with Crippen LogP contribution in [0.4, 0.5) is 0 Å². The van der Waals surface area contributed by atoms with E-state index < -0.39 is 6.10 Å². The molecule has 140 valence electrons. The highest BCUT2D eigenvalue weighted by Crippen LogP contribution is 2.29. The largest absolute Gasteiger partial charge is 0.389 e. The molecule has 25 heavy (non-hydrogen) atoms. The summed E-state index contributed by atoms with van der Waals surface area (Å²) in [6.45, 7) is 6.93. The average molecular weight is 351 g/mol. The Morgan fingerprint density at radius 1 is 1.32 bits per heavy atom. The van der Waals surface area contributed by atoms with Gasteiger partial charge in [0.2, 0.25) is 5.91 Å². The van der Waals surface area contributed by atoms with Crippen LogP contribution in [0.1, 0.15) is 36.3 Å². The van der Waals surface area contributed by atoms with E-state index in [1.54, 1.807) is 4.90 Å². The number of aryl methyl sites for hydroxylation is 2. The van der Waals surface area contributed by atoms with Crippen molar-refractivity contribution >= 4 is 5.91 Å². The second-order valence-electron chi connectivity index (χ2n) is 7.16. The molecule has 1 aliphatic carbocycles. The number of likely N-dealkylation sites (N-methyl/N-ethyl adjacent to an activating group) is 1. The zero-order valence-corrected chi connectivity index (χ0v) is 15.4. The summed E-state index contributed by atoms with van der Waals surface area (Å²) >= 11 is 0. The number of rotatable bonds is 5. The molecule has 2 heterocycles. The number of aromatic nitrogens is 1. The normalized spacial score (nSPS) is 27.6. The van der Waals surface area contributed by atoms with Crippen LogP contribution >= 0.6 is 0 Å². The van der Waals surface area contributed by atoms with E-state index in [1.807, 2.05) is 20.9 Å². The number of aliphatic hydroxyl groups excluding tert-OH is 1. The van der Waals surface area contributed by atoms with Crippen molar-refractivity contribution in [3.05, 3.63) is 17.0 Å². The van der Waals surface area contributed by atoms with E-state index in [2.05, 4.69) is 10.1 Å². The summed E-state index contributed by atoms with van der Waals surface area (Å²) < 4.78 is 10.5. The lowest BCUT2D eigenvalue weighted by Crippen LogP contribution is -2.51. The van der Waals surface area contributed by atoms with Gasteiger partial charge in [0.15, 0.2) is 0 Å². The molecular formula is C18H29N3O4. The molecule has 7 nitrogen and oxygen atoms in total. The third-order valence-corrected chi connectivity index (χ3v) is 5.72. The first kappa shape index (κ1) is 18.4. The molecule has 1 aromatic rings. The van der Waals surface area contributed by atoms with Crippen LogP contribution in [0.3, 0.4) is 0 Å². The van der Waals surface area contributed by atoms with Gasteiger partial charge in [0.05, 0.1) is 31.1 Å². The van der Waals surface area contributed by atoms with Crippen molar-refractivity contribution in [2.24, 2.45) is 0 Å². The van der Waals surface area contributed by atoms with Crippen LogP contribution in [-0.4, -0.2) is 77.5 Å². The molecule has 3 atom stereocenters. The van der Waals surface area contributed by atoms with E-state index in [0.29, 0.717) is 12.8 Å². The first-order chi connectivity index (χ1) is 12.0. The summed E-state index contributed by atoms with van der Waals surface area (Å²) in [6, 6.07) is 0.0247. The summed E-state index contributed by atoms with van der Waals surface area (Å²) in [5, 5.41) is 14.7. The second-order valence-corrected chi connectivity index (χ2v) is 7.16. The highest BCUT2D eigenvalue weighted by molar-refractivity contribution is 5.76. The molecular weight excluding hydrogens is 322 g/mol. The fourth-order valence-electron chi connectivity index (χ4n) is 4.12. The molecule has 3 rings (SSSR count). The maximum absolute atomic E-state index is 12.6. The van der Waals surface area contributed by atoms with Crippen molar-refractivity contribution in [3.63, 3.8) is 0 Å². The van der Waals surface area contributed by atoms with E-state index in [-0.39, 0.29) is 18.0 Å². The maximum Gasteiger partial charge on any atom is 0.222 e. The Balaban J connectivity index is 1.55. The second kappa shape index (κ2) is 7.85. The number of nitrogens with zero attached hydrogens (tertiary/aromatic N) is 3. The highest BCUT2D eigenvalue weighted by Gasteiger charge is 2.41. The van der Waals surface area contributed by atoms with Gasteiger partial charge < -0.3 is 19.3 Å². The average Bonchev–Trinajstić information content (AvgIpc) is 3.15. The van der Waals surface area contributed by atoms with Crippen molar-refractivity contribution in [2.75, 3.05) is 33.4 Å². The summed E-state index contributed by atoms with van der Waals surface area (Å²) in [4.78, 5) is 16.6. The fraction of sp³-hybridized carbons (Fsp3) is 0.778. The van der Waals surface area contributed by atoms with Gasteiger partial charge >= 0.3 is 0 Å². The zero-order valence-electron chi connectivity index (χ0n) is 15.4. The smallest absolute Gasteiger partial charge is 0.222 e. The Hall–Kier alpha value is -1.44. The van der Waals surface area contributed by atoms with Gasteiger partial charge in [-0.05, 0) is 33.1 Å². The SMILES string of the molecule is Cc1noc(C)c1CCC(=O)N(C)[C@@H]1CC[C@@H](N2CCOCC2)[C@@H]1O. The highest BCUT2D eigenvalue weighted by atomic mass is 16.5. The predicted molar refractivity (Wildman–Crippen MR) is 92.3 cm³/mol. The van der Waals surface area contributed by atoms with Crippen LogP contribution in [-0.2, 0) is 16.0 Å². The van der Waals surface area contributed by atoms with E-state index in [0.717, 1.165) is 56.2 Å². The van der Waals surface area contributed by atoms with Crippen molar-refractivity contribution < 1.29 is 19.2 Å². The number of morpholine rings is 1. The first-order valence-electron chi connectivity index (χ1n) is 9.16. The maximum atomic E-state index is 12.6. The van der Waals surface area contributed by atoms with E-state index in [9.17, 15) is 9.90 Å². The Morgan fingerprint density at radius 2 is 2.04 bits per heavy atom. The number of carbonyl (C=O) groups excluding carboxylic acids is 1. The van der Waals surface area contributed by atoms with Gasteiger partial charge in [0.25, 0.3) is 0 Å². The fourth-order valence-corrected chi connectivity index (χ4v) is 4.12. The molecule has 1 saturated carbocycles. The minimum atomic E-state index is -0.494. The standard InChI is InChI=1S/C18H29N3O4/c1-12-14(13(2)25-19-12)4-7-17(22)20(3)15-5-6-16(18(15)23)21-8-10-24-11-9-21/h15-16,18,23H,4-11H2,1-3H3/t15-,16-,18-/m1/s1. The predicted octanol–water partition coefficient (Wildman–Crippen LogP) is 0.907. The molecule has 1 saturated heterocycles. The molecule has 0 aromatic carbocycles. The minimum absolute atomic E-state index is 0.0617. The lowest BCUT2D eigenvalue weighted by Gasteiger charge is -2.36. The van der Waals surface area contributed by atoms with Gasteiger partial charge in [-0.2, -0.15) is 0 Å². The van der Waals surface area contributed by atoms with E-state index >= 15 is 0 Å². The number of carbonyl (C=O) groups is 1. The molecule has 1 aromatic heterocycles. The Kier molecular flexibility index (Phi) is 5.76. The van der Waals surface area contributed by atoms with Crippen molar-refractivity contribution in [1.82, 2.24) is 15.0 Å². The Labute approximate surface area is 148 Å². The first-order valence-corrected chi connectivity index (χ1v) is 9.16. The molecule has 1 amide bonds. The van der Waals surface area contributed by atoms with Crippen molar-refractivity contribution in [1.29, 1.82) is 0 Å². The topological polar surface area (TPSA) is 79.0 Å². The lowest BCUT2D eigenvalue weighted by molar-refractivity contribution is -0.134. The Morgan fingerprint density at radius 3 is 2.68 bits per heavy atom. The van der Waals surface area contributed by atoms with Gasteiger partial charge in [-0.1, -0.05) is 5.16 Å². The van der Waals surface area contributed by atoms with Crippen LogP contribution in [0.25, 0.3) is 0 Å². The number of hydrogen-bond donors (Lipinski definition) is 1. The number of hydrogen-bond acceptors (Lipinski definition) is 6. The molecule has 0 spiro atoms. The molecule has 2 fully saturated rings. The minimum Gasteiger partial charge on any atom is -0.389 e. The monoisotopic (exact) mass is 351 g/mol. The van der Waals surface area contributed by atoms with Crippen LogP contribution in [0.5, 0.6) is 0 Å². The number of aliphatic hydroxyl groups is 1. The summed E-state index contributed by atoms with van der Waals surface area (Å²) in [5.74, 6) is 0.841. The molecule has 0 unspecified atom stereocenters. The molecule has 7 heteroatoms. The molecule has 0 radical (unpaired) electrons. The van der Waals surface area contributed by atoms with Gasteiger partial charge in [0.1, 0.15) is 5.76 Å². The third-order valence-electron chi connectivity index (χ3n) is 5.72. The third kappa shape index (κ3) is 3.88.